The molecule has 1 atom stereocenters. The van der Waals surface area contributed by atoms with E-state index in [0.29, 0.717) is 5.03 Å². The summed E-state index contributed by atoms with van der Waals surface area (Å²) >= 11 is 6.90. The minimum Gasteiger partial charge on any atom is -0.468 e. The molecule has 1 aromatic heterocycles. The maximum atomic E-state index is 11.1. The highest BCUT2D eigenvalue weighted by Crippen LogP contribution is 2.24. The Balaban J connectivity index is 2.76. The summed E-state index contributed by atoms with van der Waals surface area (Å²) in [4.78, 5) is 18.8. The maximum absolute atomic E-state index is 11.1. The number of aromatic nitrogens is 2. The molecule has 0 saturated heterocycles. The topological polar surface area (TPSA) is 78.1 Å². The molecule has 5 nitrogen and oxygen atoms in total. The average Bonchev–Trinajstić information content (AvgIpc) is 2.14. The lowest BCUT2D eigenvalue weighted by atomic mass is 10.5. The Morgan fingerprint density at radius 1 is 1.67 bits per heavy atom. The summed E-state index contributed by atoms with van der Waals surface area (Å²) < 4.78 is 4.58. The summed E-state index contributed by atoms with van der Waals surface area (Å²) in [6.45, 7) is 1.71. The minimum absolute atomic E-state index is 0.0852. The average molecular weight is 248 g/mol. The number of nitrogens with two attached hydrogens (primary N) is 1. The number of nitrogens with zero attached hydrogens (tertiary/aromatic N) is 2. The fraction of sp³-hybridized carbons (Fsp3) is 0.375. The lowest BCUT2D eigenvalue weighted by molar-refractivity contribution is -0.139. The zero-order valence-corrected chi connectivity index (χ0v) is 9.80. The normalized spacial score (nSPS) is 12.2. The smallest absolute Gasteiger partial charge is 0.318 e. The molecule has 1 rings (SSSR count). The van der Waals surface area contributed by atoms with E-state index in [1.807, 2.05) is 0 Å². The van der Waals surface area contributed by atoms with Crippen molar-refractivity contribution >= 4 is 35.3 Å². The van der Waals surface area contributed by atoms with E-state index >= 15 is 0 Å². The molecule has 0 bridgehead atoms. The predicted octanol–water partition coefficient (Wildman–Crippen LogP) is 1.37. The van der Waals surface area contributed by atoms with Gasteiger partial charge >= 0.3 is 5.97 Å². The number of carbonyl (C=O) groups excluding carboxylic acids is 1. The first-order valence-electron chi connectivity index (χ1n) is 4.07. The van der Waals surface area contributed by atoms with E-state index < -0.39 is 0 Å². The van der Waals surface area contributed by atoms with Gasteiger partial charge in [0.15, 0.2) is 0 Å². The summed E-state index contributed by atoms with van der Waals surface area (Å²) in [7, 11) is 1.33. The molecule has 0 aliphatic carbocycles. The van der Waals surface area contributed by atoms with Crippen LogP contribution in [0.15, 0.2) is 11.1 Å². The van der Waals surface area contributed by atoms with Crippen molar-refractivity contribution in [2.75, 3.05) is 12.8 Å². The van der Waals surface area contributed by atoms with Gasteiger partial charge in [-0.1, -0.05) is 23.4 Å². The van der Waals surface area contributed by atoms with Gasteiger partial charge in [0.25, 0.3) is 0 Å². The van der Waals surface area contributed by atoms with Gasteiger partial charge in [-0.25, -0.2) is 9.97 Å². The molecule has 82 valence electrons. The quantitative estimate of drug-likeness (QED) is 0.494. The van der Waals surface area contributed by atoms with Gasteiger partial charge in [-0.3, -0.25) is 4.79 Å². The Hall–Kier alpha value is -1.01. The summed E-state index contributed by atoms with van der Waals surface area (Å²) in [6.07, 6.45) is 0. The number of hydrogen-bond acceptors (Lipinski definition) is 6. The van der Waals surface area contributed by atoms with E-state index in [1.54, 1.807) is 13.0 Å². The Kier molecular flexibility index (Phi) is 4.16. The van der Waals surface area contributed by atoms with E-state index in [1.165, 1.54) is 18.9 Å². The molecule has 2 N–H and O–H groups in total. The van der Waals surface area contributed by atoms with Gasteiger partial charge in [0.05, 0.1) is 7.11 Å². The highest BCUT2D eigenvalue weighted by Gasteiger charge is 2.15. The van der Waals surface area contributed by atoms with Crippen molar-refractivity contribution in [1.82, 2.24) is 9.97 Å². The first-order valence-corrected chi connectivity index (χ1v) is 5.33. The molecule has 1 aromatic rings. The van der Waals surface area contributed by atoms with Crippen LogP contribution in [0.1, 0.15) is 6.92 Å². The number of rotatable bonds is 3. The second-order valence-corrected chi connectivity index (χ2v) is 4.42. The summed E-state index contributed by atoms with van der Waals surface area (Å²) in [6, 6.07) is 1.54. The largest absolute Gasteiger partial charge is 0.468 e. The third-order valence-corrected chi connectivity index (χ3v) is 2.71. The van der Waals surface area contributed by atoms with Crippen LogP contribution < -0.4 is 5.73 Å². The predicted molar refractivity (Wildman–Crippen MR) is 58.8 cm³/mol. The second kappa shape index (κ2) is 5.18. The maximum Gasteiger partial charge on any atom is 0.318 e. The SMILES string of the molecule is COC(=O)[C@H](C)Sc1cc(Cl)nc(N)n1. The van der Waals surface area contributed by atoms with Crippen LogP contribution in [-0.2, 0) is 9.53 Å². The van der Waals surface area contributed by atoms with E-state index in [0.717, 1.165) is 0 Å². The zero-order chi connectivity index (χ0) is 11.4. The number of methoxy groups -OCH3 is 1. The van der Waals surface area contributed by atoms with Crippen molar-refractivity contribution in [2.24, 2.45) is 0 Å². The molecule has 0 fully saturated rings. The number of ether oxygens (including phenoxy) is 1. The Bertz CT molecular complexity index is 355. The van der Waals surface area contributed by atoms with Gasteiger partial charge < -0.3 is 10.5 Å². The molecule has 1 heterocycles. The molecule has 0 unspecified atom stereocenters. The van der Waals surface area contributed by atoms with Crippen LogP contribution in [0.25, 0.3) is 0 Å². The number of thioether (sulfide) groups is 1. The molecule has 0 spiro atoms. The fourth-order valence-electron chi connectivity index (χ4n) is 0.869. The second-order valence-electron chi connectivity index (χ2n) is 2.67. The zero-order valence-electron chi connectivity index (χ0n) is 8.23. The first-order chi connectivity index (χ1) is 7.02. The van der Waals surface area contributed by atoms with Crippen molar-refractivity contribution < 1.29 is 9.53 Å². The number of anilines is 1. The lowest BCUT2D eigenvalue weighted by Crippen LogP contribution is -2.14. The monoisotopic (exact) mass is 247 g/mol. The van der Waals surface area contributed by atoms with Crippen LogP contribution in [0, 0.1) is 0 Å². The first kappa shape index (κ1) is 12.1. The molecule has 15 heavy (non-hydrogen) atoms. The minimum atomic E-state index is -0.361. The Morgan fingerprint density at radius 2 is 2.33 bits per heavy atom. The molecule has 0 aliphatic heterocycles. The number of esters is 1. The molecule has 0 radical (unpaired) electrons. The van der Waals surface area contributed by atoms with Crippen molar-refractivity contribution in [2.45, 2.75) is 17.2 Å². The number of nitrogen functional groups attached to an aromatic ring is 1. The highest BCUT2D eigenvalue weighted by molar-refractivity contribution is 8.00. The van der Waals surface area contributed by atoms with Crippen molar-refractivity contribution in [3.8, 4) is 0 Å². The summed E-state index contributed by atoms with van der Waals surface area (Å²) in [5.41, 5.74) is 5.41. The van der Waals surface area contributed by atoms with Gasteiger partial charge in [0.2, 0.25) is 5.95 Å². The van der Waals surface area contributed by atoms with Crippen LogP contribution in [-0.4, -0.2) is 28.3 Å². The van der Waals surface area contributed by atoms with Gasteiger partial charge in [0, 0.05) is 6.07 Å². The molecular formula is C8H10ClN3O2S. The lowest BCUT2D eigenvalue weighted by Gasteiger charge is -2.08. The summed E-state index contributed by atoms with van der Waals surface area (Å²) in [5, 5.41) is 0.438. The molecule has 0 amide bonds. The molecule has 0 aliphatic rings. The van der Waals surface area contributed by atoms with Crippen LogP contribution in [0.3, 0.4) is 0 Å². The van der Waals surface area contributed by atoms with E-state index in [-0.39, 0.29) is 22.3 Å². The molecule has 7 heteroatoms. The van der Waals surface area contributed by atoms with Crippen LogP contribution in [0.2, 0.25) is 5.15 Å². The Labute approximate surface area is 96.4 Å². The third kappa shape index (κ3) is 3.56. The van der Waals surface area contributed by atoms with Gasteiger partial charge in [0.1, 0.15) is 15.4 Å². The third-order valence-electron chi connectivity index (χ3n) is 1.52. The fourth-order valence-corrected chi connectivity index (χ4v) is 2.00. The summed E-state index contributed by atoms with van der Waals surface area (Å²) in [5.74, 6) is -0.240. The van der Waals surface area contributed by atoms with Crippen LogP contribution in [0.4, 0.5) is 5.95 Å². The van der Waals surface area contributed by atoms with E-state index in [2.05, 4.69) is 14.7 Å². The number of halogens is 1. The molecule has 0 saturated carbocycles. The van der Waals surface area contributed by atoms with Crippen molar-refractivity contribution in [3.05, 3.63) is 11.2 Å². The van der Waals surface area contributed by atoms with Crippen molar-refractivity contribution in [1.29, 1.82) is 0 Å². The van der Waals surface area contributed by atoms with Crippen LogP contribution in [0.5, 0.6) is 0 Å². The highest BCUT2D eigenvalue weighted by atomic mass is 35.5. The van der Waals surface area contributed by atoms with Gasteiger partial charge in [-0.15, -0.1) is 0 Å². The molecule has 0 aromatic carbocycles. The number of hydrogen-bond donors (Lipinski definition) is 1. The number of carbonyl (C=O) groups is 1. The van der Waals surface area contributed by atoms with E-state index in [9.17, 15) is 4.79 Å². The van der Waals surface area contributed by atoms with E-state index in [4.69, 9.17) is 17.3 Å². The molecular weight excluding hydrogens is 238 g/mol. The van der Waals surface area contributed by atoms with Crippen molar-refractivity contribution in [3.63, 3.8) is 0 Å². The van der Waals surface area contributed by atoms with Gasteiger partial charge in [-0.05, 0) is 6.92 Å². The Morgan fingerprint density at radius 3 is 2.87 bits per heavy atom. The van der Waals surface area contributed by atoms with Gasteiger partial charge in [-0.2, -0.15) is 0 Å². The standard InChI is InChI=1S/C8H10ClN3O2S/c1-4(7(13)14-2)15-6-3-5(9)11-8(10)12-6/h3-4H,1-2H3,(H2,10,11,12)/t4-/m0/s1. The van der Waals surface area contributed by atoms with Crippen LogP contribution >= 0.6 is 23.4 Å².